The summed E-state index contributed by atoms with van der Waals surface area (Å²) in [5.41, 5.74) is 15.5. The van der Waals surface area contributed by atoms with E-state index in [0.29, 0.717) is 0 Å². The van der Waals surface area contributed by atoms with Gasteiger partial charge in [0.2, 0.25) is 0 Å². The third-order valence-corrected chi connectivity index (χ3v) is 15.8. The fraction of sp³-hybridized carbons (Fsp3) is 0.0164. The van der Waals surface area contributed by atoms with Crippen LogP contribution < -0.4 is 4.90 Å². The van der Waals surface area contributed by atoms with Crippen LogP contribution in [0.1, 0.15) is 22.3 Å². The summed E-state index contributed by atoms with van der Waals surface area (Å²) in [7, 11) is 0. The molecule has 0 N–H and O–H groups in total. The third kappa shape index (κ3) is 5.61. The fourth-order valence-corrected chi connectivity index (χ4v) is 13.1. The van der Waals surface area contributed by atoms with E-state index < -0.39 is 5.41 Å². The van der Waals surface area contributed by atoms with Crippen molar-refractivity contribution in [1.82, 2.24) is 0 Å². The molecule has 0 fully saturated rings. The highest BCUT2D eigenvalue weighted by atomic mass is 32.1. The third-order valence-electron chi connectivity index (χ3n) is 13.4. The number of nitrogens with zero attached hydrogens (tertiary/aromatic N) is 1. The first-order valence-corrected chi connectivity index (χ1v) is 23.5. The molecular weight excluding hydrogens is 811 g/mol. The van der Waals surface area contributed by atoms with E-state index in [1.807, 2.05) is 22.7 Å². The van der Waals surface area contributed by atoms with Gasteiger partial charge < -0.3 is 4.90 Å². The van der Waals surface area contributed by atoms with E-state index in [9.17, 15) is 0 Å². The number of thiophene rings is 2. The Morgan fingerprint density at radius 2 is 0.719 bits per heavy atom. The van der Waals surface area contributed by atoms with Gasteiger partial charge in [0.05, 0.1) is 5.41 Å². The average molecular weight is 850 g/mol. The number of benzene rings is 10. The lowest BCUT2D eigenvalue weighted by molar-refractivity contribution is 0.768. The van der Waals surface area contributed by atoms with Crippen molar-refractivity contribution in [3.8, 4) is 33.4 Å². The minimum absolute atomic E-state index is 0.469. The first-order chi connectivity index (χ1) is 31.7. The summed E-state index contributed by atoms with van der Waals surface area (Å²) in [6.45, 7) is 0. The monoisotopic (exact) mass is 849 g/mol. The van der Waals surface area contributed by atoms with Crippen molar-refractivity contribution in [3.63, 3.8) is 0 Å². The second-order valence-corrected chi connectivity index (χ2v) is 18.9. The van der Waals surface area contributed by atoms with Crippen LogP contribution in [0.3, 0.4) is 0 Å². The van der Waals surface area contributed by atoms with E-state index in [2.05, 4.69) is 241 Å². The Labute approximate surface area is 380 Å². The molecule has 2 aromatic heterocycles. The Hall–Kier alpha value is -7.56. The predicted octanol–water partition coefficient (Wildman–Crippen LogP) is 17.6. The number of fused-ring (bicyclic) bond motifs is 9. The largest absolute Gasteiger partial charge is 0.310 e. The van der Waals surface area contributed by atoms with Gasteiger partial charge >= 0.3 is 0 Å². The van der Waals surface area contributed by atoms with Gasteiger partial charge in [0.15, 0.2) is 0 Å². The van der Waals surface area contributed by atoms with Crippen LogP contribution in [0.25, 0.3) is 73.7 Å². The second-order valence-electron chi connectivity index (χ2n) is 16.8. The van der Waals surface area contributed by atoms with Crippen molar-refractivity contribution in [2.45, 2.75) is 5.41 Å². The molecule has 0 radical (unpaired) electrons. The van der Waals surface area contributed by atoms with E-state index >= 15 is 0 Å². The van der Waals surface area contributed by atoms with Crippen LogP contribution in [0.2, 0.25) is 0 Å². The predicted molar refractivity (Wildman–Crippen MR) is 275 cm³/mol. The maximum Gasteiger partial charge on any atom is 0.0713 e. The molecule has 12 aromatic rings. The van der Waals surface area contributed by atoms with Crippen molar-refractivity contribution >= 4 is 80.1 Å². The summed E-state index contributed by atoms with van der Waals surface area (Å²) in [6, 6.07) is 87.7. The molecule has 2 heterocycles. The summed E-state index contributed by atoms with van der Waals surface area (Å²) < 4.78 is 5.26. The average Bonchev–Trinajstić information content (AvgIpc) is 4.04. The van der Waals surface area contributed by atoms with Crippen molar-refractivity contribution in [2.75, 3.05) is 4.90 Å². The van der Waals surface area contributed by atoms with Gasteiger partial charge in [0.1, 0.15) is 0 Å². The Morgan fingerprint density at radius 3 is 1.27 bits per heavy atom. The van der Waals surface area contributed by atoms with Gasteiger partial charge in [-0.25, -0.2) is 0 Å². The Morgan fingerprint density at radius 1 is 0.297 bits per heavy atom. The smallest absolute Gasteiger partial charge is 0.0713 e. The molecule has 0 spiro atoms. The maximum atomic E-state index is 2.44. The van der Waals surface area contributed by atoms with Gasteiger partial charge in [-0.2, -0.15) is 0 Å². The van der Waals surface area contributed by atoms with Crippen LogP contribution in [0.15, 0.2) is 237 Å². The van der Waals surface area contributed by atoms with E-state index in [4.69, 9.17) is 0 Å². The quantitative estimate of drug-likeness (QED) is 0.154. The van der Waals surface area contributed by atoms with Crippen molar-refractivity contribution in [1.29, 1.82) is 0 Å². The molecule has 0 bridgehead atoms. The lowest BCUT2D eigenvalue weighted by atomic mass is 9.68. The van der Waals surface area contributed by atoms with Gasteiger partial charge in [-0.1, -0.05) is 188 Å². The topological polar surface area (TPSA) is 3.24 Å². The van der Waals surface area contributed by atoms with Gasteiger partial charge in [-0.05, 0) is 104 Å². The van der Waals surface area contributed by atoms with Gasteiger partial charge in [-0.3, -0.25) is 0 Å². The van der Waals surface area contributed by atoms with E-state index in [0.717, 1.165) is 17.1 Å². The number of hydrogen-bond donors (Lipinski definition) is 0. The molecule has 0 unspecified atom stereocenters. The minimum Gasteiger partial charge on any atom is -0.310 e. The summed E-state index contributed by atoms with van der Waals surface area (Å²) in [5, 5.41) is 5.24. The molecule has 1 aliphatic rings. The van der Waals surface area contributed by atoms with Crippen LogP contribution in [0.5, 0.6) is 0 Å². The molecule has 3 heteroatoms. The van der Waals surface area contributed by atoms with Crippen LogP contribution in [0.4, 0.5) is 17.1 Å². The standard InChI is InChI=1S/C61H39NS2/c1-2-18-42(19-3-1)61(55-30-8-4-22-49(55)50-23-5-9-31-56(50)61)43-34-36-44(37-35-43)62(45-20-12-16-40(38-45)47-26-14-28-53-51-24-6-10-32-57(51)63-59(47)53)46-21-13-17-41(39-46)48-27-15-29-54-52-25-7-11-33-58(52)64-60(48)54/h1-39H. The Balaban J connectivity index is 1.00. The zero-order chi connectivity index (χ0) is 42.2. The first kappa shape index (κ1) is 37.0. The van der Waals surface area contributed by atoms with Crippen molar-refractivity contribution in [3.05, 3.63) is 259 Å². The molecule has 1 aliphatic carbocycles. The van der Waals surface area contributed by atoms with Gasteiger partial charge in [0, 0.05) is 57.4 Å². The van der Waals surface area contributed by atoms with Gasteiger partial charge in [0.25, 0.3) is 0 Å². The molecule has 13 rings (SSSR count). The summed E-state index contributed by atoms with van der Waals surface area (Å²) in [5.74, 6) is 0. The Kier molecular flexibility index (Phi) is 8.55. The number of hydrogen-bond acceptors (Lipinski definition) is 3. The lowest BCUT2D eigenvalue weighted by Crippen LogP contribution is -2.28. The highest BCUT2D eigenvalue weighted by molar-refractivity contribution is 7.26. The minimum atomic E-state index is -0.469. The number of anilines is 3. The van der Waals surface area contributed by atoms with E-state index in [1.165, 1.54) is 96.0 Å². The van der Waals surface area contributed by atoms with Crippen molar-refractivity contribution < 1.29 is 0 Å². The maximum absolute atomic E-state index is 2.44. The lowest BCUT2D eigenvalue weighted by Gasteiger charge is -2.34. The van der Waals surface area contributed by atoms with Gasteiger partial charge in [-0.15, -0.1) is 22.7 Å². The summed E-state index contributed by atoms with van der Waals surface area (Å²) >= 11 is 3.76. The normalized spacial score (nSPS) is 12.8. The van der Waals surface area contributed by atoms with Crippen LogP contribution in [-0.2, 0) is 5.41 Å². The molecule has 64 heavy (non-hydrogen) atoms. The molecule has 0 saturated heterocycles. The molecule has 0 amide bonds. The summed E-state index contributed by atoms with van der Waals surface area (Å²) in [6.07, 6.45) is 0. The molecule has 1 nitrogen and oxygen atoms in total. The zero-order valence-corrected chi connectivity index (χ0v) is 36.4. The molecule has 0 aliphatic heterocycles. The van der Waals surface area contributed by atoms with E-state index in [1.54, 1.807) is 0 Å². The molecule has 0 atom stereocenters. The summed E-state index contributed by atoms with van der Waals surface area (Å²) in [4.78, 5) is 2.44. The highest BCUT2D eigenvalue weighted by Gasteiger charge is 2.45. The SMILES string of the molecule is c1ccc(C2(c3ccc(N(c4cccc(-c5cccc6c5sc5ccccc56)c4)c4cccc(-c5cccc6c5sc5ccccc56)c4)cc3)c3ccccc3-c3ccccc32)cc1. The van der Waals surface area contributed by atoms with Crippen LogP contribution >= 0.6 is 22.7 Å². The van der Waals surface area contributed by atoms with Crippen LogP contribution in [-0.4, -0.2) is 0 Å². The van der Waals surface area contributed by atoms with Crippen molar-refractivity contribution in [2.24, 2.45) is 0 Å². The second kappa shape index (κ2) is 14.8. The zero-order valence-electron chi connectivity index (χ0n) is 34.8. The Bertz CT molecular complexity index is 3540. The van der Waals surface area contributed by atoms with E-state index in [-0.39, 0.29) is 0 Å². The molecule has 300 valence electrons. The molecular formula is C61H39NS2. The molecule has 10 aromatic carbocycles. The first-order valence-electron chi connectivity index (χ1n) is 21.9. The highest BCUT2D eigenvalue weighted by Crippen LogP contribution is 2.56. The fourth-order valence-electron chi connectivity index (χ4n) is 10.6. The van der Waals surface area contributed by atoms with Crippen LogP contribution in [0, 0.1) is 0 Å². The molecule has 0 saturated carbocycles. The number of rotatable bonds is 7.